The number of benzene rings is 1. The van der Waals surface area contributed by atoms with Crippen molar-refractivity contribution in [2.45, 2.75) is 24.5 Å². The first-order valence-corrected chi connectivity index (χ1v) is 16.2. The second kappa shape index (κ2) is 12.8. The zero-order valence-electron chi connectivity index (χ0n) is 21.9. The highest BCUT2D eigenvalue weighted by Crippen LogP contribution is 2.66. The van der Waals surface area contributed by atoms with Gasteiger partial charge in [0.1, 0.15) is 18.5 Å². The fraction of sp³-hybridized carbons (Fsp3) is 0.333. The molecule has 0 aliphatic carbocycles. The lowest BCUT2D eigenvalue weighted by molar-refractivity contribution is -0.0513. The first-order chi connectivity index (χ1) is 20.6. The quantitative estimate of drug-likeness (QED) is 0.0464. The maximum atomic E-state index is 13.1. The molecular weight excluding hydrogens is 659 g/mol. The summed E-state index contributed by atoms with van der Waals surface area (Å²) in [5.41, 5.74) is 15.0. The minimum atomic E-state index is -5.86. The topological polar surface area (TPSA) is 346 Å². The molecule has 0 spiro atoms. The number of ether oxygens (including phenoxy) is 2. The zero-order valence-corrected chi connectivity index (χ0v) is 24.5. The van der Waals surface area contributed by atoms with Crippen LogP contribution < -0.4 is 11.1 Å². The van der Waals surface area contributed by atoms with Gasteiger partial charge in [-0.25, -0.2) is 33.4 Å². The van der Waals surface area contributed by atoms with Crippen molar-refractivity contribution >= 4 is 58.1 Å². The summed E-state index contributed by atoms with van der Waals surface area (Å²) in [6.07, 6.45) is -5.91. The number of aromatic nitrogens is 4. The number of nitrogens with one attached hydrogen (secondary N) is 1. The Balaban J connectivity index is 1.68. The van der Waals surface area contributed by atoms with Gasteiger partial charge in [-0.3, -0.25) is 9.09 Å². The van der Waals surface area contributed by atoms with E-state index in [2.05, 4.69) is 43.4 Å². The van der Waals surface area contributed by atoms with Crippen LogP contribution in [0.2, 0.25) is 0 Å². The van der Waals surface area contributed by atoms with Crippen LogP contribution in [0.25, 0.3) is 21.6 Å². The van der Waals surface area contributed by atoms with Crippen molar-refractivity contribution in [3.63, 3.8) is 0 Å². The van der Waals surface area contributed by atoms with Crippen LogP contribution in [0.1, 0.15) is 16.6 Å². The van der Waals surface area contributed by atoms with Crippen molar-refractivity contribution in [2.24, 2.45) is 5.11 Å². The van der Waals surface area contributed by atoms with E-state index in [0.29, 0.717) is 5.69 Å². The van der Waals surface area contributed by atoms with E-state index in [4.69, 9.17) is 30.5 Å². The fourth-order valence-corrected chi connectivity index (χ4v) is 7.04. The van der Waals surface area contributed by atoms with E-state index >= 15 is 0 Å². The number of aliphatic hydroxyl groups excluding tert-OH is 1. The summed E-state index contributed by atoms with van der Waals surface area (Å²) >= 11 is 0. The predicted octanol–water partition coefficient (Wildman–Crippen LogP) is 1.22. The number of anilines is 2. The van der Waals surface area contributed by atoms with E-state index in [1.54, 1.807) is 12.1 Å². The Bertz CT molecular complexity index is 1760. The number of esters is 1. The number of aliphatic hydroxyl groups is 1. The van der Waals surface area contributed by atoms with Gasteiger partial charge >= 0.3 is 29.4 Å². The van der Waals surface area contributed by atoms with Crippen molar-refractivity contribution < 1.29 is 65.8 Å². The van der Waals surface area contributed by atoms with Gasteiger partial charge in [0.25, 0.3) is 0 Å². The summed E-state index contributed by atoms with van der Waals surface area (Å²) in [7, 11) is -15.7. The molecule has 1 aliphatic heterocycles. The third-order valence-corrected chi connectivity index (χ3v) is 9.46. The molecule has 0 bridgehead atoms. The molecule has 26 heteroatoms. The molecule has 4 rings (SSSR count). The minimum absolute atomic E-state index is 0.000603. The number of hydrogen-bond acceptors (Lipinski definition) is 16. The predicted molar refractivity (Wildman–Crippen MR) is 143 cm³/mol. The summed E-state index contributed by atoms with van der Waals surface area (Å²) in [5, 5.41) is 17.5. The van der Waals surface area contributed by atoms with Crippen molar-refractivity contribution in [1.82, 2.24) is 19.5 Å². The number of para-hydroxylation sites is 1. The summed E-state index contributed by atoms with van der Waals surface area (Å²) in [6.45, 7) is -1.12. The van der Waals surface area contributed by atoms with Gasteiger partial charge in [0, 0.05) is 17.6 Å². The number of rotatable bonds is 12. The Kier molecular flexibility index (Phi) is 9.74. The third-order valence-electron chi connectivity index (χ3n) is 5.66. The Labute approximate surface area is 244 Å². The summed E-state index contributed by atoms with van der Waals surface area (Å²) in [6, 6.07) is 6.06. The molecule has 1 saturated heterocycles. The maximum Gasteiger partial charge on any atom is 0.490 e. The van der Waals surface area contributed by atoms with E-state index in [0.717, 1.165) is 10.9 Å². The molecule has 1 fully saturated rings. The SMILES string of the molecule is CNc1ccccc1C(=O)O[C@H]1[C@@H](O)[C@H](n2c(N=[N+]=[N-])nc3c(N)ncnc32)O[C@@H]1COP(=O)(O)OP(=O)(O)OP(=O)(O)O. The van der Waals surface area contributed by atoms with Gasteiger partial charge in [-0.15, -0.1) is 0 Å². The number of nitrogen functional groups attached to an aromatic ring is 1. The van der Waals surface area contributed by atoms with Gasteiger partial charge in [-0.2, -0.15) is 8.62 Å². The third kappa shape index (κ3) is 7.57. The smallest absolute Gasteiger partial charge is 0.453 e. The fourth-order valence-electron chi connectivity index (χ4n) is 4.01. The highest BCUT2D eigenvalue weighted by atomic mass is 31.3. The molecule has 0 amide bonds. The molecule has 2 aromatic heterocycles. The van der Waals surface area contributed by atoms with Gasteiger partial charge in [0.15, 0.2) is 29.3 Å². The van der Waals surface area contributed by atoms with E-state index in [1.165, 1.54) is 19.2 Å². The van der Waals surface area contributed by atoms with Crippen LogP contribution in [-0.4, -0.2) is 82.1 Å². The normalized spacial score (nSPS) is 23.0. The van der Waals surface area contributed by atoms with Crippen LogP contribution in [0.5, 0.6) is 0 Å². The lowest BCUT2D eigenvalue weighted by atomic mass is 10.1. The number of azide groups is 1. The first kappa shape index (κ1) is 33.4. The number of phosphoric ester groups is 1. The average Bonchev–Trinajstić information content (AvgIpc) is 3.43. The molecule has 0 radical (unpaired) electrons. The second-order valence-electron chi connectivity index (χ2n) is 8.51. The van der Waals surface area contributed by atoms with Crippen molar-refractivity contribution in [2.75, 3.05) is 24.7 Å². The Hall–Kier alpha value is -3.52. The molecular formula is C18H22N9O14P3. The average molecular weight is 681 g/mol. The summed E-state index contributed by atoms with van der Waals surface area (Å²) in [4.78, 5) is 64.4. The Morgan fingerprint density at radius 1 is 1.18 bits per heavy atom. The lowest BCUT2D eigenvalue weighted by Crippen LogP contribution is -2.38. The van der Waals surface area contributed by atoms with Crippen LogP contribution >= 0.6 is 23.5 Å². The first-order valence-electron chi connectivity index (χ1n) is 11.7. The molecule has 3 heterocycles. The highest BCUT2D eigenvalue weighted by molar-refractivity contribution is 7.66. The van der Waals surface area contributed by atoms with Crippen molar-refractivity contribution in [1.29, 1.82) is 0 Å². The summed E-state index contributed by atoms with van der Waals surface area (Å²) < 4.78 is 59.2. The maximum absolute atomic E-state index is 13.1. The molecule has 1 aliphatic rings. The molecule has 3 aromatic rings. The molecule has 2 unspecified atom stereocenters. The standard InChI is InChI=1S/C18H22N9O14P3/c1-21-9-5-3-2-4-8(9)17(29)39-13-10(6-37-43(33,34)41-44(35,36)40-42(30,31)32)38-16(12(13)28)27-15-11(14(19)22-7-23-15)24-18(27)25-26-20/h2-5,7,10,12-13,16,21,28H,6H2,1H3,(H,33,34)(H,35,36)(H2,19,22,23)(H2,30,31,32)/t10-,12-,13-,16-/m1/s1. The van der Waals surface area contributed by atoms with Crippen LogP contribution in [-0.2, 0) is 36.3 Å². The summed E-state index contributed by atoms with van der Waals surface area (Å²) in [5.74, 6) is -1.59. The number of fused-ring (bicyclic) bond motifs is 1. The molecule has 238 valence electrons. The number of nitrogens with zero attached hydrogens (tertiary/aromatic N) is 7. The molecule has 6 atom stereocenters. The molecule has 23 nitrogen and oxygen atoms in total. The Morgan fingerprint density at radius 3 is 2.55 bits per heavy atom. The number of hydrogen-bond donors (Lipinski definition) is 7. The van der Waals surface area contributed by atoms with Crippen LogP contribution in [0, 0.1) is 0 Å². The van der Waals surface area contributed by atoms with Gasteiger partial charge in [-0.05, 0) is 22.8 Å². The van der Waals surface area contributed by atoms with Crippen LogP contribution in [0.3, 0.4) is 0 Å². The van der Waals surface area contributed by atoms with Crippen LogP contribution in [0.15, 0.2) is 35.7 Å². The molecule has 1 aromatic carbocycles. The van der Waals surface area contributed by atoms with E-state index in [9.17, 15) is 33.4 Å². The van der Waals surface area contributed by atoms with Gasteiger partial charge in [0.2, 0.25) is 5.95 Å². The zero-order chi connectivity index (χ0) is 32.4. The number of carbonyl (C=O) groups excluding carboxylic acids is 1. The lowest BCUT2D eigenvalue weighted by Gasteiger charge is -2.22. The van der Waals surface area contributed by atoms with E-state index < -0.39 is 66.5 Å². The van der Waals surface area contributed by atoms with Crippen molar-refractivity contribution in [3.05, 3.63) is 46.6 Å². The number of phosphoric acid groups is 3. The molecule has 0 saturated carbocycles. The monoisotopic (exact) mass is 681 g/mol. The van der Waals surface area contributed by atoms with E-state index in [-0.39, 0.29) is 22.5 Å². The van der Waals surface area contributed by atoms with Gasteiger partial charge < -0.3 is 45.2 Å². The number of carbonyl (C=O) groups is 1. The van der Waals surface area contributed by atoms with Crippen molar-refractivity contribution in [3.8, 4) is 0 Å². The Morgan fingerprint density at radius 2 is 1.89 bits per heavy atom. The minimum Gasteiger partial charge on any atom is -0.453 e. The molecule has 44 heavy (non-hydrogen) atoms. The van der Waals surface area contributed by atoms with Gasteiger partial charge in [0.05, 0.1) is 12.2 Å². The van der Waals surface area contributed by atoms with Gasteiger partial charge in [-0.1, -0.05) is 12.1 Å². The second-order valence-corrected chi connectivity index (χ2v) is 12.9. The number of imidazole rings is 1. The highest BCUT2D eigenvalue weighted by Gasteiger charge is 2.50. The largest absolute Gasteiger partial charge is 0.490 e. The number of nitrogens with two attached hydrogens (primary N) is 1. The molecule has 8 N–H and O–H groups in total. The van der Waals surface area contributed by atoms with Crippen LogP contribution in [0.4, 0.5) is 17.5 Å². The van der Waals surface area contributed by atoms with E-state index in [1.807, 2.05) is 0 Å².